The number of halogens is 1. The molecule has 0 saturated heterocycles. The van der Waals surface area contributed by atoms with E-state index < -0.39 is 0 Å². The Morgan fingerprint density at radius 3 is 2.29 bits per heavy atom. The lowest BCUT2D eigenvalue weighted by atomic mass is 10.0. The molecule has 3 rings (SSSR count). The van der Waals surface area contributed by atoms with Crippen molar-refractivity contribution < 1.29 is 24.2 Å². The minimum Gasteiger partial charge on any atom is -0.493 e. The summed E-state index contributed by atoms with van der Waals surface area (Å²) in [5.41, 5.74) is 2.10. The molecule has 2 amide bonds. The van der Waals surface area contributed by atoms with Crippen LogP contribution >= 0.6 is 11.6 Å². The predicted molar refractivity (Wildman–Crippen MR) is 118 cm³/mol. The maximum atomic E-state index is 13.2. The van der Waals surface area contributed by atoms with E-state index in [2.05, 4.69) is 0 Å². The molecule has 0 bridgehead atoms. The Kier molecular flexibility index (Phi) is 7.20. The van der Waals surface area contributed by atoms with Crippen LogP contribution < -0.4 is 9.47 Å². The normalized spacial score (nSPS) is 13.8. The Morgan fingerprint density at radius 2 is 1.68 bits per heavy atom. The van der Waals surface area contributed by atoms with E-state index in [0.717, 1.165) is 5.56 Å². The monoisotopic (exact) mass is 444 g/mol. The quantitative estimate of drug-likeness (QED) is 0.599. The molecule has 31 heavy (non-hydrogen) atoms. The molecular weight excluding hydrogens is 420 g/mol. The number of imide groups is 1. The molecule has 7 nitrogen and oxygen atoms in total. The van der Waals surface area contributed by atoms with Crippen LogP contribution in [0.25, 0.3) is 5.57 Å². The molecule has 0 atom stereocenters. The molecule has 8 heteroatoms. The number of likely N-dealkylation sites (N-methyl/N-ethyl adjacent to an activating group) is 1. The van der Waals surface area contributed by atoms with E-state index in [1.54, 1.807) is 56.5 Å². The number of carbonyl (C=O) groups excluding carboxylic acids is 2. The summed E-state index contributed by atoms with van der Waals surface area (Å²) in [7, 11) is 4.80. The van der Waals surface area contributed by atoms with Gasteiger partial charge in [-0.25, -0.2) is 0 Å². The summed E-state index contributed by atoms with van der Waals surface area (Å²) in [5, 5.41) is 9.88. The van der Waals surface area contributed by atoms with Crippen LogP contribution in [0.2, 0.25) is 5.02 Å². The maximum absolute atomic E-state index is 13.2. The van der Waals surface area contributed by atoms with Gasteiger partial charge in [0.15, 0.2) is 11.5 Å². The number of nitrogens with zero attached hydrogens (tertiary/aromatic N) is 2. The average molecular weight is 445 g/mol. The highest BCUT2D eigenvalue weighted by molar-refractivity contribution is 6.36. The second-order valence-corrected chi connectivity index (χ2v) is 7.51. The Hall–Kier alpha value is -3.03. The standard InChI is InChI=1S/C23H25ClN2O5/c1-25(12-13-27)21-20(16-5-7-17(24)8-6-16)22(28)26(23(21)29)11-10-15-4-9-18(30-2)19(14-15)31-3/h4-9,14,27H,10-13H2,1-3H3. The summed E-state index contributed by atoms with van der Waals surface area (Å²) in [6.07, 6.45) is 0.461. The summed E-state index contributed by atoms with van der Waals surface area (Å²) in [6, 6.07) is 12.3. The predicted octanol–water partition coefficient (Wildman–Crippen LogP) is 2.60. The van der Waals surface area contributed by atoms with Gasteiger partial charge in [0.05, 0.1) is 26.4 Å². The van der Waals surface area contributed by atoms with Crippen LogP contribution in [0.1, 0.15) is 11.1 Å². The Morgan fingerprint density at radius 1 is 1.00 bits per heavy atom. The zero-order valence-electron chi connectivity index (χ0n) is 17.7. The molecule has 2 aromatic rings. The van der Waals surface area contributed by atoms with Crippen LogP contribution in [0.5, 0.6) is 11.5 Å². The highest BCUT2D eigenvalue weighted by atomic mass is 35.5. The first-order chi connectivity index (χ1) is 14.9. The van der Waals surface area contributed by atoms with Crippen LogP contribution in [0.3, 0.4) is 0 Å². The van der Waals surface area contributed by atoms with Crippen molar-refractivity contribution in [3.63, 3.8) is 0 Å². The van der Waals surface area contributed by atoms with Gasteiger partial charge in [0.1, 0.15) is 5.70 Å². The molecule has 0 saturated carbocycles. The summed E-state index contributed by atoms with van der Waals surface area (Å²) in [4.78, 5) is 29.3. The van der Waals surface area contributed by atoms with E-state index in [1.165, 1.54) is 4.90 Å². The van der Waals surface area contributed by atoms with Gasteiger partial charge in [-0.05, 0) is 41.8 Å². The van der Waals surface area contributed by atoms with Crippen molar-refractivity contribution in [3.8, 4) is 11.5 Å². The van der Waals surface area contributed by atoms with Crippen LogP contribution in [0.4, 0.5) is 0 Å². The van der Waals surface area contributed by atoms with Gasteiger partial charge in [-0.3, -0.25) is 14.5 Å². The van der Waals surface area contributed by atoms with E-state index in [-0.39, 0.29) is 37.2 Å². The third-order valence-corrected chi connectivity index (χ3v) is 5.42. The van der Waals surface area contributed by atoms with E-state index in [1.807, 2.05) is 12.1 Å². The molecule has 0 aromatic heterocycles. The number of benzene rings is 2. The summed E-state index contributed by atoms with van der Waals surface area (Å²) in [5.74, 6) is 0.445. The first-order valence-electron chi connectivity index (χ1n) is 9.80. The van der Waals surface area contributed by atoms with Crippen LogP contribution in [0.15, 0.2) is 48.2 Å². The fourth-order valence-corrected chi connectivity index (χ4v) is 3.66. The lowest BCUT2D eigenvalue weighted by molar-refractivity contribution is -0.137. The van der Waals surface area contributed by atoms with E-state index in [9.17, 15) is 14.7 Å². The number of hydrogen-bond donors (Lipinski definition) is 1. The Bertz CT molecular complexity index is 1000. The van der Waals surface area contributed by atoms with Gasteiger partial charge in [-0.1, -0.05) is 29.8 Å². The van der Waals surface area contributed by atoms with Crippen molar-refractivity contribution >= 4 is 29.0 Å². The first kappa shape index (κ1) is 22.7. The SMILES string of the molecule is COc1ccc(CCN2C(=O)C(c3ccc(Cl)cc3)=C(N(C)CCO)C2=O)cc1OC. The largest absolute Gasteiger partial charge is 0.493 e. The van der Waals surface area contributed by atoms with Crippen LogP contribution in [-0.2, 0) is 16.0 Å². The maximum Gasteiger partial charge on any atom is 0.277 e. The lowest BCUT2D eigenvalue weighted by Crippen LogP contribution is -2.36. The molecular formula is C23H25ClN2O5. The second-order valence-electron chi connectivity index (χ2n) is 7.08. The molecule has 0 spiro atoms. The molecule has 1 aliphatic rings. The summed E-state index contributed by atoms with van der Waals surface area (Å²) < 4.78 is 10.6. The molecule has 0 aliphatic carbocycles. The highest BCUT2D eigenvalue weighted by Gasteiger charge is 2.40. The van der Waals surface area contributed by atoms with Crippen LogP contribution in [-0.4, -0.2) is 67.7 Å². The minimum absolute atomic E-state index is 0.138. The zero-order chi connectivity index (χ0) is 22.5. The molecule has 1 aliphatic heterocycles. The van der Waals surface area contributed by atoms with Crippen molar-refractivity contribution in [2.75, 3.05) is 41.0 Å². The number of hydrogen-bond acceptors (Lipinski definition) is 6. The van der Waals surface area contributed by atoms with Crippen molar-refractivity contribution in [1.29, 1.82) is 0 Å². The van der Waals surface area contributed by atoms with Gasteiger partial charge in [0.25, 0.3) is 11.8 Å². The summed E-state index contributed by atoms with van der Waals surface area (Å²) >= 11 is 5.98. The van der Waals surface area contributed by atoms with Crippen molar-refractivity contribution in [3.05, 3.63) is 64.3 Å². The molecule has 0 unspecified atom stereocenters. The molecule has 164 valence electrons. The molecule has 1 heterocycles. The minimum atomic E-state index is -0.383. The second kappa shape index (κ2) is 9.85. The number of aliphatic hydroxyl groups excluding tert-OH is 1. The third-order valence-electron chi connectivity index (χ3n) is 5.17. The van der Waals surface area contributed by atoms with Crippen molar-refractivity contribution in [2.24, 2.45) is 0 Å². The van der Waals surface area contributed by atoms with Crippen molar-refractivity contribution in [2.45, 2.75) is 6.42 Å². The van der Waals surface area contributed by atoms with Crippen molar-refractivity contribution in [1.82, 2.24) is 9.80 Å². The molecule has 0 radical (unpaired) electrons. The average Bonchev–Trinajstić information content (AvgIpc) is 3.02. The van der Waals surface area contributed by atoms with E-state index in [4.69, 9.17) is 21.1 Å². The number of rotatable bonds is 9. The number of ether oxygens (including phenoxy) is 2. The fraction of sp³-hybridized carbons (Fsp3) is 0.304. The fourth-order valence-electron chi connectivity index (χ4n) is 3.54. The van der Waals surface area contributed by atoms with E-state index in [0.29, 0.717) is 34.1 Å². The van der Waals surface area contributed by atoms with Crippen LogP contribution in [0, 0.1) is 0 Å². The molecule has 2 aromatic carbocycles. The Balaban J connectivity index is 1.87. The Labute approximate surface area is 186 Å². The number of aliphatic hydroxyl groups is 1. The summed E-state index contributed by atoms with van der Waals surface area (Å²) in [6.45, 7) is 0.302. The van der Waals surface area contributed by atoms with E-state index >= 15 is 0 Å². The van der Waals surface area contributed by atoms with Gasteiger partial charge in [-0.2, -0.15) is 0 Å². The highest BCUT2D eigenvalue weighted by Crippen LogP contribution is 2.32. The van der Waals surface area contributed by atoms with Gasteiger partial charge < -0.3 is 19.5 Å². The molecule has 0 fully saturated rings. The number of carbonyl (C=O) groups is 2. The number of methoxy groups -OCH3 is 2. The zero-order valence-corrected chi connectivity index (χ0v) is 18.5. The smallest absolute Gasteiger partial charge is 0.277 e. The lowest BCUT2D eigenvalue weighted by Gasteiger charge is -2.20. The van der Waals surface area contributed by atoms with Gasteiger partial charge in [0.2, 0.25) is 0 Å². The third kappa shape index (κ3) is 4.68. The first-order valence-corrected chi connectivity index (χ1v) is 10.2. The topological polar surface area (TPSA) is 79.3 Å². The molecule has 1 N–H and O–H groups in total. The van der Waals surface area contributed by atoms with Gasteiger partial charge in [-0.15, -0.1) is 0 Å². The van der Waals surface area contributed by atoms with Gasteiger partial charge in [0, 0.05) is 25.2 Å². The van der Waals surface area contributed by atoms with Gasteiger partial charge >= 0.3 is 0 Å². The number of amides is 2.